The SMILES string of the molecule is COc1cc2c(cc1OC)CN(C(=O)CNC(=O)c1ccsc1)CC2. The number of hydrogen-bond acceptors (Lipinski definition) is 5. The highest BCUT2D eigenvalue weighted by Gasteiger charge is 2.23. The Morgan fingerprint density at radius 3 is 2.56 bits per heavy atom. The standard InChI is InChI=1S/C18H20N2O4S/c1-23-15-7-12-3-5-20(10-14(12)8-16(15)24-2)17(21)9-19-18(22)13-4-6-25-11-13/h4,6-8,11H,3,5,9-10H2,1-2H3,(H,19,22). The molecule has 0 saturated heterocycles. The van der Waals surface area contributed by atoms with Crippen LogP contribution < -0.4 is 14.8 Å². The highest BCUT2D eigenvalue weighted by molar-refractivity contribution is 7.08. The normalized spacial score (nSPS) is 13.1. The molecule has 1 aromatic heterocycles. The molecule has 3 rings (SSSR count). The fourth-order valence-corrected chi connectivity index (χ4v) is 3.50. The van der Waals surface area contributed by atoms with E-state index in [1.807, 2.05) is 17.5 Å². The van der Waals surface area contributed by atoms with Crippen molar-refractivity contribution in [1.29, 1.82) is 0 Å². The first-order valence-corrected chi connectivity index (χ1v) is 8.88. The van der Waals surface area contributed by atoms with Gasteiger partial charge in [-0.1, -0.05) is 0 Å². The third-order valence-electron chi connectivity index (χ3n) is 4.25. The molecule has 0 radical (unpaired) electrons. The minimum atomic E-state index is -0.224. The smallest absolute Gasteiger partial charge is 0.252 e. The summed E-state index contributed by atoms with van der Waals surface area (Å²) in [6.45, 7) is 1.12. The molecule has 25 heavy (non-hydrogen) atoms. The van der Waals surface area contributed by atoms with E-state index in [-0.39, 0.29) is 18.4 Å². The van der Waals surface area contributed by atoms with Crippen LogP contribution in [0.25, 0.3) is 0 Å². The van der Waals surface area contributed by atoms with Crippen LogP contribution >= 0.6 is 11.3 Å². The molecule has 0 saturated carbocycles. The summed E-state index contributed by atoms with van der Waals surface area (Å²) in [4.78, 5) is 26.1. The van der Waals surface area contributed by atoms with Gasteiger partial charge in [-0.3, -0.25) is 9.59 Å². The van der Waals surface area contributed by atoms with Gasteiger partial charge in [0.15, 0.2) is 11.5 Å². The Morgan fingerprint density at radius 1 is 1.20 bits per heavy atom. The number of carbonyl (C=O) groups excluding carboxylic acids is 2. The molecule has 1 N–H and O–H groups in total. The Bertz CT molecular complexity index is 774. The second-order valence-electron chi connectivity index (χ2n) is 5.74. The lowest BCUT2D eigenvalue weighted by atomic mass is 9.98. The molecule has 2 heterocycles. The molecule has 0 bridgehead atoms. The van der Waals surface area contributed by atoms with Crippen LogP contribution in [0, 0.1) is 0 Å². The fourth-order valence-electron chi connectivity index (χ4n) is 2.86. The van der Waals surface area contributed by atoms with E-state index in [4.69, 9.17) is 9.47 Å². The minimum absolute atomic E-state index is 0.00268. The number of ether oxygens (including phenoxy) is 2. The van der Waals surface area contributed by atoms with Gasteiger partial charge in [0, 0.05) is 24.0 Å². The van der Waals surface area contributed by atoms with Gasteiger partial charge in [-0.05, 0) is 41.1 Å². The molecule has 1 aromatic carbocycles. The maximum Gasteiger partial charge on any atom is 0.252 e. The monoisotopic (exact) mass is 360 g/mol. The lowest BCUT2D eigenvalue weighted by Crippen LogP contribution is -2.42. The van der Waals surface area contributed by atoms with Crippen LogP contribution in [0.1, 0.15) is 21.5 Å². The lowest BCUT2D eigenvalue weighted by Gasteiger charge is -2.29. The van der Waals surface area contributed by atoms with Crippen LogP contribution in [0.15, 0.2) is 29.0 Å². The van der Waals surface area contributed by atoms with E-state index in [1.54, 1.807) is 30.6 Å². The molecule has 1 aliphatic heterocycles. The molecule has 2 aromatic rings. The number of nitrogens with zero attached hydrogens (tertiary/aromatic N) is 1. The molecule has 6 nitrogen and oxygen atoms in total. The summed E-state index contributed by atoms with van der Waals surface area (Å²) < 4.78 is 10.7. The molecule has 0 atom stereocenters. The van der Waals surface area contributed by atoms with Crippen molar-refractivity contribution in [2.75, 3.05) is 27.3 Å². The fraction of sp³-hybridized carbons (Fsp3) is 0.333. The Hall–Kier alpha value is -2.54. The molecule has 0 fully saturated rings. The third kappa shape index (κ3) is 3.76. The van der Waals surface area contributed by atoms with E-state index in [2.05, 4.69) is 5.32 Å². The Kier molecular flexibility index (Phi) is 5.23. The second kappa shape index (κ2) is 7.57. The summed E-state index contributed by atoms with van der Waals surface area (Å²) in [7, 11) is 3.20. The van der Waals surface area contributed by atoms with E-state index in [9.17, 15) is 9.59 Å². The zero-order chi connectivity index (χ0) is 17.8. The van der Waals surface area contributed by atoms with Crippen LogP contribution in [0.5, 0.6) is 11.5 Å². The summed E-state index contributed by atoms with van der Waals surface area (Å²) in [5, 5.41) is 6.27. The van der Waals surface area contributed by atoms with E-state index < -0.39 is 0 Å². The Morgan fingerprint density at radius 2 is 1.92 bits per heavy atom. The highest BCUT2D eigenvalue weighted by atomic mass is 32.1. The zero-order valence-corrected chi connectivity index (χ0v) is 15.0. The maximum absolute atomic E-state index is 12.4. The Balaban J connectivity index is 1.63. The van der Waals surface area contributed by atoms with Gasteiger partial charge in [0.25, 0.3) is 5.91 Å². The number of benzene rings is 1. The van der Waals surface area contributed by atoms with Gasteiger partial charge in [0.1, 0.15) is 0 Å². The van der Waals surface area contributed by atoms with Gasteiger partial charge in [-0.25, -0.2) is 0 Å². The molecule has 132 valence electrons. The first-order valence-electron chi connectivity index (χ1n) is 7.94. The van der Waals surface area contributed by atoms with Crippen molar-refractivity contribution in [3.8, 4) is 11.5 Å². The van der Waals surface area contributed by atoms with E-state index in [1.165, 1.54) is 11.3 Å². The molecular weight excluding hydrogens is 340 g/mol. The van der Waals surface area contributed by atoms with Gasteiger partial charge in [0.05, 0.1) is 20.8 Å². The molecular formula is C18H20N2O4S. The molecule has 1 aliphatic rings. The largest absolute Gasteiger partial charge is 0.493 e. The van der Waals surface area contributed by atoms with Crippen molar-refractivity contribution >= 4 is 23.2 Å². The zero-order valence-electron chi connectivity index (χ0n) is 14.2. The summed E-state index contributed by atoms with van der Waals surface area (Å²) in [5.74, 6) is 1.03. The van der Waals surface area contributed by atoms with Gasteiger partial charge in [-0.2, -0.15) is 11.3 Å². The predicted octanol–water partition coefficient (Wildman–Crippen LogP) is 2.08. The number of thiophene rings is 1. The van der Waals surface area contributed by atoms with Crippen LogP contribution in [0.4, 0.5) is 0 Å². The molecule has 2 amide bonds. The number of rotatable bonds is 5. The first-order chi connectivity index (χ1) is 12.1. The number of amides is 2. The van der Waals surface area contributed by atoms with Gasteiger partial charge in [0.2, 0.25) is 5.91 Å². The van der Waals surface area contributed by atoms with Crippen LogP contribution in [0.2, 0.25) is 0 Å². The van der Waals surface area contributed by atoms with Gasteiger partial charge < -0.3 is 19.7 Å². The summed E-state index contributed by atoms with van der Waals surface area (Å²) in [5.41, 5.74) is 2.78. The summed E-state index contributed by atoms with van der Waals surface area (Å²) in [6, 6.07) is 5.62. The average Bonchev–Trinajstić information content (AvgIpc) is 3.18. The topological polar surface area (TPSA) is 67.9 Å². The predicted molar refractivity (Wildman–Crippen MR) is 95.3 cm³/mol. The van der Waals surface area contributed by atoms with E-state index in [0.717, 1.165) is 17.5 Å². The summed E-state index contributed by atoms with van der Waals surface area (Å²) >= 11 is 1.45. The quantitative estimate of drug-likeness (QED) is 0.886. The number of hydrogen-bond donors (Lipinski definition) is 1. The number of methoxy groups -OCH3 is 2. The van der Waals surface area contributed by atoms with E-state index >= 15 is 0 Å². The first kappa shape index (κ1) is 17.3. The average molecular weight is 360 g/mol. The van der Waals surface area contributed by atoms with Crippen molar-refractivity contribution < 1.29 is 19.1 Å². The number of nitrogens with one attached hydrogen (secondary N) is 1. The highest BCUT2D eigenvalue weighted by Crippen LogP contribution is 2.33. The second-order valence-corrected chi connectivity index (χ2v) is 6.52. The summed E-state index contributed by atoms with van der Waals surface area (Å²) in [6.07, 6.45) is 0.750. The van der Waals surface area contributed by atoms with Crippen molar-refractivity contribution in [2.45, 2.75) is 13.0 Å². The minimum Gasteiger partial charge on any atom is -0.493 e. The van der Waals surface area contributed by atoms with Crippen LogP contribution in [-0.4, -0.2) is 44.0 Å². The van der Waals surface area contributed by atoms with Crippen molar-refractivity contribution in [3.05, 3.63) is 45.6 Å². The van der Waals surface area contributed by atoms with Gasteiger partial charge >= 0.3 is 0 Å². The third-order valence-corrected chi connectivity index (χ3v) is 4.94. The number of fused-ring (bicyclic) bond motifs is 1. The lowest BCUT2D eigenvalue weighted by molar-refractivity contribution is -0.131. The molecule has 0 aliphatic carbocycles. The molecule has 0 unspecified atom stereocenters. The van der Waals surface area contributed by atoms with Crippen LogP contribution in [-0.2, 0) is 17.8 Å². The Labute approximate surface area is 150 Å². The van der Waals surface area contributed by atoms with Crippen molar-refractivity contribution in [2.24, 2.45) is 0 Å². The molecule has 0 spiro atoms. The number of carbonyl (C=O) groups is 2. The molecule has 7 heteroatoms. The maximum atomic E-state index is 12.4. The van der Waals surface area contributed by atoms with Crippen molar-refractivity contribution in [3.63, 3.8) is 0 Å². The van der Waals surface area contributed by atoms with Crippen molar-refractivity contribution in [1.82, 2.24) is 10.2 Å². The van der Waals surface area contributed by atoms with Crippen LogP contribution in [0.3, 0.4) is 0 Å². The van der Waals surface area contributed by atoms with Gasteiger partial charge in [-0.15, -0.1) is 0 Å². The van der Waals surface area contributed by atoms with E-state index in [0.29, 0.717) is 30.2 Å².